The number of allylic oxidation sites excluding steroid dienone is 2. The molecule has 0 saturated carbocycles. The molecule has 1 saturated heterocycles. The molecule has 0 spiro atoms. The lowest BCUT2D eigenvalue weighted by molar-refractivity contribution is -0.144. The highest BCUT2D eigenvalue weighted by atomic mass is 19.1. The number of nitrogens with zero attached hydrogens (tertiary/aromatic N) is 2. The van der Waals surface area contributed by atoms with E-state index in [-0.39, 0.29) is 66.7 Å². The molecule has 8 heteroatoms. The second-order valence-corrected chi connectivity index (χ2v) is 9.45. The summed E-state index contributed by atoms with van der Waals surface area (Å²) in [5.41, 5.74) is 0.690. The molecule has 1 fully saturated rings. The van der Waals surface area contributed by atoms with Crippen LogP contribution in [0.2, 0.25) is 0 Å². The average Bonchev–Trinajstić information content (AvgIpc) is 3.07. The molecule has 3 atom stereocenters. The van der Waals surface area contributed by atoms with Gasteiger partial charge in [0.15, 0.2) is 0 Å². The highest BCUT2D eigenvalue weighted by Gasteiger charge is 2.47. The van der Waals surface area contributed by atoms with Crippen molar-refractivity contribution < 1.29 is 23.6 Å². The van der Waals surface area contributed by atoms with Gasteiger partial charge in [-0.15, -0.1) is 0 Å². The van der Waals surface area contributed by atoms with Crippen LogP contribution in [0.1, 0.15) is 52.0 Å². The first-order valence-corrected chi connectivity index (χ1v) is 12.0. The molecule has 1 N–H and O–H groups in total. The van der Waals surface area contributed by atoms with Crippen LogP contribution in [0, 0.1) is 23.6 Å². The molecular formula is C26H34FN3O4. The number of rotatable bonds is 10. The normalized spacial score (nSPS) is 20.4. The molecule has 0 radical (unpaired) electrons. The van der Waals surface area contributed by atoms with Crippen molar-refractivity contribution in [3.63, 3.8) is 0 Å². The molecule has 1 aromatic rings. The van der Waals surface area contributed by atoms with Crippen LogP contribution in [-0.4, -0.2) is 52.6 Å². The van der Waals surface area contributed by atoms with Crippen molar-refractivity contribution in [2.45, 2.75) is 59.0 Å². The molecule has 1 aliphatic carbocycles. The van der Waals surface area contributed by atoms with Gasteiger partial charge >= 0.3 is 0 Å². The summed E-state index contributed by atoms with van der Waals surface area (Å²) in [6.45, 7) is 6.41. The average molecular weight is 472 g/mol. The van der Waals surface area contributed by atoms with Gasteiger partial charge in [0.2, 0.25) is 23.6 Å². The van der Waals surface area contributed by atoms with Gasteiger partial charge in [0, 0.05) is 26.1 Å². The fourth-order valence-corrected chi connectivity index (χ4v) is 4.57. The Kier molecular flexibility index (Phi) is 8.58. The minimum Gasteiger partial charge on any atom is -0.354 e. The second kappa shape index (κ2) is 11.4. The number of imide groups is 1. The predicted octanol–water partition coefficient (Wildman–Crippen LogP) is 3.05. The summed E-state index contributed by atoms with van der Waals surface area (Å²) >= 11 is 0. The Hall–Kier alpha value is -3.03. The largest absolute Gasteiger partial charge is 0.354 e. The predicted molar refractivity (Wildman–Crippen MR) is 126 cm³/mol. The molecule has 1 aromatic carbocycles. The zero-order valence-corrected chi connectivity index (χ0v) is 20.1. The highest BCUT2D eigenvalue weighted by Crippen LogP contribution is 2.35. The Morgan fingerprint density at radius 2 is 1.68 bits per heavy atom. The molecule has 7 nitrogen and oxygen atoms in total. The first-order chi connectivity index (χ1) is 16.2. The summed E-state index contributed by atoms with van der Waals surface area (Å²) in [5.74, 6) is -1.83. The van der Waals surface area contributed by atoms with E-state index in [9.17, 15) is 23.6 Å². The minimum absolute atomic E-state index is 0.00648. The molecule has 184 valence electrons. The minimum atomic E-state index is -0.715. The Balaban J connectivity index is 1.74. The summed E-state index contributed by atoms with van der Waals surface area (Å²) in [5, 5.41) is 2.89. The van der Waals surface area contributed by atoms with Gasteiger partial charge in [0.25, 0.3) is 0 Å². The fraction of sp³-hybridized carbons (Fsp3) is 0.538. The molecule has 0 aromatic heterocycles. The first-order valence-electron chi connectivity index (χ1n) is 12.0. The fourth-order valence-electron chi connectivity index (χ4n) is 4.57. The number of fused-ring (bicyclic) bond motifs is 1. The standard InChI is InChI=1S/C26H34FN3O4/c1-4-22(24(32)28-15-17(2)3)30(16-18-9-11-19(27)12-10-18)23(31)13-14-29-25(33)20-7-5-6-8-21(20)26(29)34/h5-6,9-12,17,20-22H,4,7-8,13-16H2,1-3H3,(H,28,32)/t20-,21+,22-/m0/s1. The van der Waals surface area contributed by atoms with E-state index in [4.69, 9.17) is 0 Å². The lowest BCUT2D eigenvalue weighted by Crippen LogP contribution is -2.50. The molecule has 2 aliphatic rings. The van der Waals surface area contributed by atoms with Crippen molar-refractivity contribution >= 4 is 23.6 Å². The molecule has 1 aliphatic heterocycles. The zero-order valence-electron chi connectivity index (χ0n) is 20.1. The van der Waals surface area contributed by atoms with Crippen LogP contribution < -0.4 is 5.32 Å². The molecule has 34 heavy (non-hydrogen) atoms. The number of hydrogen-bond acceptors (Lipinski definition) is 4. The van der Waals surface area contributed by atoms with Crippen LogP contribution in [-0.2, 0) is 25.7 Å². The van der Waals surface area contributed by atoms with E-state index in [2.05, 4.69) is 5.32 Å². The van der Waals surface area contributed by atoms with Crippen LogP contribution in [0.3, 0.4) is 0 Å². The monoisotopic (exact) mass is 471 g/mol. The maximum absolute atomic E-state index is 13.4. The Labute approximate surface area is 200 Å². The molecule has 3 rings (SSSR count). The second-order valence-electron chi connectivity index (χ2n) is 9.45. The Bertz CT molecular complexity index is 918. The number of benzene rings is 1. The van der Waals surface area contributed by atoms with Gasteiger partial charge in [-0.3, -0.25) is 24.1 Å². The first kappa shape index (κ1) is 25.6. The maximum Gasteiger partial charge on any atom is 0.242 e. The van der Waals surface area contributed by atoms with E-state index >= 15 is 0 Å². The maximum atomic E-state index is 13.4. The third-order valence-corrected chi connectivity index (χ3v) is 6.48. The molecule has 4 amide bonds. The Morgan fingerprint density at radius 1 is 1.09 bits per heavy atom. The molecule has 0 unspecified atom stereocenters. The van der Waals surface area contributed by atoms with E-state index in [1.54, 1.807) is 12.1 Å². The quantitative estimate of drug-likeness (QED) is 0.420. The van der Waals surface area contributed by atoms with E-state index in [1.165, 1.54) is 21.9 Å². The number of hydrogen-bond donors (Lipinski definition) is 1. The van der Waals surface area contributed by atoms with Crippen molar-refractivity contribution in [1.82, 2.24) is 15.1 Å². The lowest BCUT2D eigenvalue weighted by atomic mass is 9.85. The molecular weight excluding hydrogens is 437 g/mol. The number of nitrogens with one attached hydrogen (secondary N) is 1. The van der Waals surface area contributed by atoms with Gasteiger partial charge in [-0.2, -0.15) is 0 Å². The van der Waals surface area contributed by atoms with Crippen molar-refractivity contribution in [3.05, 3.63) is 47.8 Å². The highest BCUT2D eigenvalue weighted by molar-refractivity contribution is 6.05. The zero-order chi connectivity index (χ0) is 24.8. The van der Waals surface area contributed by atoms with Gasteiger partial charge in [0.05, 0.1) is 11.8 Å². The van der Waals surface area contributed by atoms with Crippen LogP contribution in [0.5, 0.6) is 0 Å². The van der Waals surface area contributed by atoms with Gasteiger partial charge in [-0.25, -0.2) is 4.39 Å². The Morgan fingerprint density at radius 3 is 2.21 bits per heavy atom. The third-order valence-electron chi connectivity index (χ3n) is 6.48. The van der Waals surface area contributed by atoms with Crippen LogP contribution in [0.15, 0.2) is 36.4 Å². The smallest absolute Gasteiger partial charge is 0.242 e. The number of carbonyl (C=O) groups is 4. The summed E-state index contributed by atoms with van der Waals surface area (Å²) in [6, 6.07) is 5.08. The van der Waals surface area contributed by atoms with Gasteiger partial charge in [-0.05, 0) is 42.9 Å². The van der Waals surface area contributed by atoms with Gasteiger partial charge < -0.3 is 10.2 Å². The van der Waals surface area contributed by atoms with Gasteiger partial charge in [-0.1, -0.05) is 45.1 Å². The summed E-state index contributed by atoms with van der Waals surface area (Å²) in [6.07, 6.45) is 5.27. The van der Waals surface area contributed by atoms with Gasteiger partial charge in [0.1, 0.15) is 11.9 Å². The summed E-state index contributed by atoms with van der Waals surface area (Å²) in [4.78, 5) is 54.4. The summed E-state index contributed by atoms with van der Waals surface area (Å²) in [7, 11) is 0. The van der Waals surface area contributed by atoms with Crippen molar-refractivity contribution in [2.24, 2.45) is 17.8 Å². The van der Waals surface area contributed by atoms with Crippen molar-refractivity contribution in [3.8, 4) is 0 Å². The number of halogens is 1. The van der Waals surface area contributed by atoms with Crippen molar-refractivity contribution in [2.75, 3.05) is 13.1 Å². The third kappa shape index (κ3) is 5.90. The SMILES string of the molecule is CC[C@@H](C(=O)NCC(C)C)N(Cc1ccc(F)cc1)C(=O)CCN1C(=O)[C@H]2CC=CC[C@H]2C1=O. The number of amides is 4. The molecule has 0 bridgehead atoms. The van der Waals surface area contributed by atoms with E-state index in [0.717, 1.165) is 0 Å². The van der Waals surface area contributed by atoms with Crippen LogP contribution in [0.4, 0.5) is 4.39 Å². The van der Waals surface area contributed by atoms with E-state index < -0.39 is 6.04 Å². The molecule has 1 heterocycles. The number of likely N-dealkylation sites (tertiary alicyclic amines) is 1. The number of carbonyl (C=O) groups excluding carboxylic acids is 4. The van der Waals surface area contributed by atoms with Crippen LogP contribution >= 0.6 is 0 Å². The topological polar surface area (TPSA) is 86.8 Å². The van der Waals surface area contributed by atoms with Crippen LogP contribution in [0.25, 0.3) is 0 Å². The van der Waals surface area contributed by atoms with E-state index in [0.29, 0.717) is 31.4 Å². The van der Waals surface area contributed by atoms with Crippen molar-refractivity contribution in [1.29, 1.82) is 0 Å². The lowest BCUT2D eigenvalue weighted by Gasteiger charge is -2.31. The summed E-state index contributed by atoms with van der Waals surface area (Å²) < 4.78 is 13.4. The van der Waals surface area contributed by atoms with E-state index in [1.807, 2.05) is 32.9 Å².